The van der Waals surface area contributed by atoms with E-state index in [1.165, 1.54) is 0 Å². The van der Waals surface area contributed by atoms with Crippen LogP contribution < -0.4 is 5.32 Å². The molecule has 6 heteroatoms. The fourth-order valence-corrected chi connectivity index (χ4v) is 4.20. The van der Waals surface area contributed by atoms with Gasteiger partial charge in [0.15, 0.2) is 0 Å². The van der Waals surface area contributed by atoms with Crippen molar-refractivity contribution in [3.63, 3.8) is 0 Å². The molecule has 0 bridgehead atoms. The summed E-state index contributed by atoms with van der Waals surface area (Å²) in [5.74, 6) is 0.236. The molecule has 1 aromatic rings. The van der Waals surface area contributed by atoms with Crippen molar-refractivity contribution in [3.8, 4) is 0 Å². The van der Waals surface area contributed by atoms with Gasteiger partial charge in [0, 0.05) is 50.0 Å². The van der Waals surface area contributed by atoms with Gasteiger partial charge in [-0.05, 0) is 50.2 Å². The van der Waals surface area contributed by atoms with Gasteiger partial charge in [0.1, 0.15) is 0 Å². The Bertz CT molecular complexity index is 646. The third-order valence-electron chi connectivity index (χ3n) is 5.85. The van der Waals surface area contributed by atoms with E-state index in [2.05, 4.69) is 15.2 Å². The van der Waals surface area contributed by atoms with Crippen molar-refractivity contribution in [1.29, 1.82) is 0 Å². The first-order chi connectivity index (χ1) is 12.2. The van der Waals surface area contributed by atoms with E-state index in [0.29, 0.717) is 19.0 Å². The van der Waals surface area contributed by atoms with Gasteiger partial charge in [-0.2, -0.15) is 0 Å². The van der Waals surface area contributed by atoms with Gasteiger partial charge < -0.3 is 15.1 Å². The SMILES string of the molecule is O=C(NC1CC1)N1CCCC2(CCC(=O)N2Cc2cccnc2)CC1. The number of hydrogen-bond donors (Lipinski definition) is 1. The second-order valence-corrected chi connectivity index (χ2v) is 7.63. The van der Waals surface area contributed by atoms with Crippen LogP contribution in [0.1, 0.15) is 50.5 Å². The van der Waals surface area contributed by atoms with Crippen molar-refractivity contribution >= 4 is 11.9 Å². The highest BCUT2D eigenvalue weighted by Crippen LogP contribution is 2.40. The molecule has 2 saturated heterocycles. The smallest absolute Gasteiger partial charge is 0.317 e. The van der Waals surface area contributed by atoms with E-state index >= 15 is 0 Å². The molecule has 1 N–H and O–H groups in total. The largest absolute Gasteiger partial charge is 0.335 e. The third-order valence-corrected chi connectivity index (χ3v) is 5.85. The second kappa shape index (κ2) is 6.65. The van der Waals surface area contributed by atoms with Crippen molar-refractivity contribution in [2.75, 3.05) is 13.1 Å². The number of aromatic nitrogens is 1. The standard InChI is InChI=1S/C19H26N4O2/c24-17-6-8-19(23(17)14-15-3-1-10-20-13-15)7-2-11-22(12-9-19)18(25)21-16-4-5-16/h1,3,10,13,16H,2,4-9,11-12,14H2,(H,21,25). The number of carbonyl (C=O) groups is 2. The van der Waals surface area contributed by atoms with Crippen LogP contribution in [0.25, 0.3) is 0 Å². The number of likely N-dealkylation sites (tertiary alicyclic amines) is 2. The molecule has 1 unspecified atom stereocenters. The van der Waals surface area contributed by atoms with Gasteiger partial charge in [0.25, 0.3) is 0 Å². The first kappa shape index (κ1) is 16.4. The number of pyridine rings is 1. The molecule has 6 nitrogen and oxygen atoms in total. The average molecular weight is 342 g/mol. The Morgan fingerprint density at radius 1 is 1.28 bits per heavy atom. The van der Waals surface area contributed by atoms with Crippen LogP contribution in [0.3, 0.4) is 0 Å². The number of hydrogen-bond acceptors (Lipinski definition) is 3. The van der Waals surface area contributed by atoms with Crippen molar-refractivity contribution in [1.82, 2.24) is 20.1 Å². The van der Waals surface area contributed by atoms with Crippen LogP contribution in [-0.2, 0) is 11.3 Å². The molecule has 0 radical (unpaired) electrons. The molecule has 1 saturated carbocycles. The Balaban J connectivity index is 1.45. The third kappa shape index (κ3) is 3.48. The lowest BCUT2D eigenvalue weighted by molar-refractivity contribution is -0.132. The summed E-state index contributed by atoms with van der Waals surface area (Å²) in [4.78, 5) is 33.1. The summed E-state index contributed by atoms with van der Waals surface area (Å²) in [7, 11) is 0. The van der Waals surface area contributed by atoms with Gasteiger partial charge >= 0.3 is 6.03 Å². The van der Waals surface area contributed by atoms with Crippen LogP contribution in [-0.4, -0.2) is 51.4 Å². The zero-order valence-electron chi connectivity index (χ0n) is 14.6. The van der Waals surface area contributed by atoms with Crippen LogP contribution in [0.15, 0.2) is 24.5 Å². The van der Waals surface area contributed by atoms with Crippen molar-refractivity contribution in [2.24, 2.45) is 0 Å². The van der Waals surface area contributed by atoms with Gasteiger partial charge in [-0.1, -0.05) is 6.07 Å². The average Bonchev–Trinajstić information content (AvgIpc) is 3.41. The highest BCUT2D eigenvalue weighted by molar-refractivity contribution is 5.80. The van der Waals surface area contributed by atoms with E-state index in [0.717, 1.165) is 57.2 Å². The van der Waals surface area contributed by atoms with E-state index in [-0.39, 0.29) is 17.5 Å². The Kier molecular flexibility index (Phi) is 4.36. The lowest BCUT2D eigenvalue weighted by Crippen LogP contribution is -2.47. The molecule has 1 spiro atoms. The minimum Gasteiger partial charge on any atom is -0.335 e. The van der Waals surface area contributed by atoms with Crippen LogP contribution in [0.2, 0.25) is 0 Å². The molecular weight excluding hydrogens is 316 g/mol. The van der Waals surface area contributed by atoms with Crippen LogP contribution >= 0.6 is 0 Å². The number of urea groups is 1. The summed E-state index contributed by atoms with van der Waals surface area (Å²) in [5.41, 5.74) is 0.978. The number of amides is 3. The molecule has 4 rings (SSSR count). The maximum Gasteiger partial charge on any atom is 0.317 e. The second-order valence-electron chi connectivity index (χ2n) is 7.63. The quantitative estimate of drug-likeness (QED) is 0.917. The molecule has 3 amide bonds. The molecule has 134 valence electrons. The van der Waals surface area contributed by atoms with E-state index < -0.39 is 0 Å². The maximum absolute atomic E-state index is 12.5. The van der Waals surface area contributed by atoms with Crippen molar-refractivity contribution in [2.45, 2.75) is 63.1 Å². The fourth-order valence-electron chi connectivity index (χ4n) is 4.20. The molecule has 1 aromatic heterocycles. The molecule has 3 heterocycles. The van der Waals surface area contributed by atoms with E-state index in [9.17, 15) is 9.59 Å². The van der Waals surface area contributed by atoms with Crippen LogP contribution in [0, 0.1) is 0 Å². The molecule has 0 aromatic carbocycles. The van der Waals surface area contributed by atoms with E-state index in [4.69, 9.17) is 0 Å². The Morgan fingerprint density at radius 2 is 2.16 bits per heavy atom. The predicted octanol–water partition coefficient (Wildman–Crippen LogP) is 2.30. The van der Waals surface area contributed by atoms with Gasteiger partial charge in [-0.3, -0.25) is 9.78 Å². The van der Waals surface area contributed by atoms with Gasteiger partial charge in [0.2, 0.25) is 5.91 Å². The highest BCUT2D eigenvalue weighted by atomic mass is 16.2. The minimum absolute atomic E-state index is 0.0719. The molecule has 25 heavy (non-hydrogen) atoms. The molecule has 3 fully saturated rings. The van der Waals surface area contributed by atoms with Gasteiger partial charge in [0.05, 0.1) is 0 Å². The first-order valence-electron chi connectivity index (χ1n) is 9.41. The van der Waals surface area contributed by atoms with Crippen LogP contribution in [0.4, 0.5) is 4.79 Å². The number of rotatable bonds is 3. The molecule has 1 aliphatic carbocycles. The predicted molar refractivity (Wildman–Crippen MR) is 93.7 cm³/mol. The van der Waals surface area contributed by atoms with Crippen molar-refractivity contribution in [3.05, 3.63) is 30.1 Å². The minimum atomic E-state index is -0.0957. The lowest BCUT2D eigenvalue weighted by atomic mass is 9.87. The molecule has 3 aliphatic rings. The number of nitrogens with one attached hydrogen (secondary N) is 1. The van der Waals surface area contributed by atoms with Gasteiger partial charge in [-0.25, -0.2) is 4.79 Å². The first-order valence-corrected chi connectivity index (χ1v) is 9.41. The van der Waals surface area contributed by atoms with Crippen molar-refractivity contribution < 1.29 is 9.59 Å². The zero-order chi connectivity index (χ0) is 17.3. The Morgan fingerprint density at radius 3 is 2.92 bits per heavy atom. The summed E-state index contributed by atoms with van der Waals surface area (Å²) in [5, 5.41) is 3.09. The Labute approximate surface area is 148 Å². The maximum atomic E-state index is 12.5. The number of nitrogens with zero attached hydrogens (tertiary/aromatic N) is 3. The van der Waals surface area contributed by atoms with E-state index in [1.54, 1.807) is 6.20 Å². The highest BCUT2D eigenvalue weighted by Gasteiger charge is 2.46. The van der Waals surface area contributed by atoms with Crippen LogP contribution in [0.5, 0.6) is 0 Å². The normalized spacial score (nSPS) is 26.8. The van der Waals surface area contributed by atoms with E-state index in [1.807, 2.05) is 23.2 Å². The summed E-state index contributed by atoms with van der Waals surface area (Å²) in [6.45, 7) is 2.14. The monoisotopic (exact) mass is 342 g/mol. The van der Waals surface area contributed by atoms with Gasteiger partial charge in [-0.15, -0.1) is 0 Å². The molecule has 2 aliphatic heterocycles. The summed E-state index contributed by atoms with van der Waals surface area (Å²) in [6, 6.07) is 4.40. The molecule has 1 atom stereocenters. The lowest BCUT2D eigenvalue weighted by Gasteiger charge is -2.38. The zero-order valence-corrected chi connectivity index (χ0v) is 14.6. The summed E-state index contributed by atoms with van der Waals surface area (Å²) < 4.78 is 0. The summed E-state index contributed by atoms with van der Waals surface area (Å²) >= 11 is 0. The number of carbonyl (C=O) groups excluding carboxylic acids is 2. The fraction of sp³-hybridized carbons (Fsp3) is 0.632. The Hall–Kier alpha value is -2.11. The topological polar surface area (TPSA) is 65.5 Å². The molecular formula is C19H26N4O2. The summed E-state index contributed by atoms with van der Waals surface area (Å²) in [6.07, 6.45) is 10.1.